The van der Waals surface area contributed by atoms with E-state index in [9.17, 15) is 4.79 Å². The van der Waals surface area contributed by atoms with Gasteiger partial charge in [0.1, 0.15) is 0 Å². The summed E-state index contributed by atoms with van der Waals surface area (Å²) < 4.78 is 5.44. The molecule has 17 heavy (non-hydrogen) atoms. The highest BCUT2D eigenvalue weighted by molar-refractivity contribution is 5.84. The monoisotopic (exact) mass is 240 g/mol. The zero-order chi connectivity index (χ0) is 12.4. The van der Waals surface area contributed by atoms with Gasteiger partial charge in [-0.3, -0.25) is 10.1 Å². The third-order valence-electron chi connectivity index (χ3n) is 4.05. The summed E-state index contributed by atoms with van der Waals surface area (Å²) in [7, 11) is 0. The Morgan fingerprint density at radius 2 is 2.35 bits per heavy atom. The predicted molar refractivity (Wildman–Crippen MR) is 66.5 cm³/mol. The maximum atomic E-state index is 12.2. The average Bonchev–Trinajstić information content (AvgIpc) is 2.89. The number of nitrogens with one attached hydrogen (secondary N) is 1. The molecule has 4 atom stereocenters. The van der Waals surface area contributed by atoms with Crippen LogP contribution in [0.5, 0.6) is 0 Å². The van der Waals surface area contributed by atoms with Crippen molar-refractivity contribution >= 4 is 5.91 Å². The number of rotatable bonds is 4. The molecule has 2 aliphatic heterocycles. The lowest BCUT2D eigenvalue weighted by Gasteiger charge is -2.33. The number of nitrogens with zero attached hydrogens (tertiary/aromatic N) is 1. The summed E-state index contributed by atoms with van der Waals surface area (Å²) in [4.78, 5) is 14.3. The first-order chi connectivity index (χ1) is 8.15. The smallest absolute Gasteiger partial charge is 0.240 e. The lowest BCUT2D eigenvalue weighted by atomic mass is 9.98. The van der Waals surface area contributed by atoms with Gasteiger partial charge in [0.15, 0.2) is 0 Å². The van der Waals surface area contributed by atoms with Crippen molar-refractivity contribution in [1.29, 1.82) is 0 Å². The van der Waals surface area contributed by atoms with Gasteiger partial charge in [-0.2, -0.15) is 0 Å². The molecule has 0 aromatic heterocycles. The highest BCUT2D eigenvalue weighted by Crippen LogP contribution is 2.26. The van der Waals surface area contributed by atoms with E-state index in [0.717, 1.165) is 32.5 Å². The van der Waals surface area contributed by atoms with E-state index in [1.807, 2.05) is 6.92 Å². The zero-order valence-corrected chi connectivity index (χ0v) is 11.1. The molecule has 2 rings (SSSR count). The van der Waals surface area contributed by atoms with Crippen LogP contribution in [-0.2, 0) is 9.53 Å². The minimum atomic E-state index is -0.0312. The molecule has 4 unspecified atom stereocenters. The lowest BCUT2D eigenvalue weighted by molar-refractivity contribution is -0.132. The minimum Gasteiger partial charge on any atom is -0.381 e. The van der Waals surface area contributed by atoms with E-state index in [1.165, 1.54) is 0 Å². The molecular formula is C13H24N2O2. The van der Waals surface area contributed by atoms with E-state index < -0.39 is 0 Å². The number of amides is 1. The Balaban J connectivity index is 2.06. The molecule has 0 spiro atoms. The topological polar surface area (TPSA) is 41.6 Å². The molecule has 4 heteroatoms. The van der Waals surface area contributed by atoms with Crippen molar-refractivity contribution in [3.05, 3.63) is 0 Å². The first kappa shape index (κ1) is 12.8. The van der Waals surface area contributed by atoms with Crippen LogP contribution in [0.3, 0.4) is 0 Å². The van der Waals surface area contributed by atoms with Crippen molar-refractivity contribution in [2.24, 2.45) is 5.92 Å². The van der Waals surface area contributed by atoms with Gasteiger partial charge < -0.3 is 9.64 Å². The SMILES string of the molecule is CCCC1NC(C)C(=O)N1C(C)C1CCOC1. The molecule has 0 aliphatic carbocycles. The van der Waals surface area contributed by atoms with Gasteiger partial charge in [-0.1, -0.05) is 13.3 Å². The molecule has 1 amide bonds. The van der Waals surface area contributed by atoms with E-state index in [2.05, 4.69) is 24.1 Å². The van der Waals surface area contributed by atoms with Gasteiger partial charge >= 0.3 is 0 Å². The second kappa shape index (κ2) is 5.36. The number of carbonyl (C=O) groups excluding carboxylic acids is 1. The van der Waals surface area contributed by atoms with Crippen molar-refractivity contribution < 1.29 is 9.53 Å². The van der Waals surface area contributed by atoms with Gasteiger partial charge in [-0.15, -0.1) is 0 Å². The second-order valence-corrected chi connectivity index (χ2v) is 5.30. The second-order valence-electron chi connectivity index (χ2n) is 5.30. The van der Waals surface area contributed by atoms with Gasteiger partial charge in [0.05, 0.1) is 18.8 Å². The Bertz CT molecular complexity index is 277. The highest BCUT2D eigenvalue weighted by atomic mass is 16.5. The molecule has 1 N–H and O–H groups in total. The van der Waals surface area contributed by atoms with Gasteiger partial charge in [-0.25, -0.2) is 0 Å². The number of carbonyl (C=O) groups is 1. The van der Waals surface area contributed by atoms with Crippen LogP contribution >= 0.6 is 0 Å². The normalized spacial score (nSPS) is 35.6. The zero-order valence-electron chi connectivity index (χ0n) is 11.1. The summed E-state index contributed by atoms with van der Waals surface area (Å²) in [6.07, 6.45) is 3.44. The molecule has 0 aromatic rings. The maximum Gasteiger partial charge on any atom is 0.240 e. The molecule has 0 aromatic carbocycles. The van der Waals surface area contributed by atoms with Gasteiger partial charge in [-0.05, 0) is 26.7 Å². The number of ether oxygens (including phenoxy) is 1. The van der Waals surface area contributed by atoms with Crippen LogP contribution in [0.2, 0.25) is 0 Å². The van der Waals surface area contributed by atoms with E-state index in [0.29, 0.717) is 12.0 Å². The molecule has 0 bridgehead atoms. The van der Waals surface area contributed by atoms with Crippen LogP contribution in [-0.4, -0.2) is 42.3 Å². The van der Waals surface area contributed by atoms with Crippen LogP contribution in [0.15, 0.2) is 0 Å². The van der Waals surface area contributed by atoms with Gasteiger partial charge in [0.25, 0.3) is 0 Å². The van der Waals surface area contributed by atoms with Crippen molar-refractivity contribution in [3.63, 3.8) is 0 Å². The van der Waals surface area contributed by atoms with Crippen LogP contribution in [0.25, 0.3) is 0 Å². The average molecular weight is 240 g/mol. The Kier molecular flexibility index (Phi) is 4.05. The fourth-order valence-electron chi connectivity index (χ4n) is 2.96. The van der Waals surface area contributed by atoms with Crippen LogP contribution in [0.1, 0.15) is 40.0 Å². The van der Waals surface area contributed by atoms with E-state index in [-0.39, 0.29) is 18.1 Å². The van der Waals surface area contributed by atoms with Crippen LogP contribution in [0, 0.1) is 5.92 Å². The van der Waals surface area contributed by atoms with Crippen LogP contribution in [0.4, 0.5) is 0 Å². The Labute approximate surface area is 104 Å². The van der Waals surface area contributed by atoms with Crippen molar-refractivity contribution in [2.45, 2.75) is 58.3 Å². The van der Waals surface area contributed by atoms with Crippen molar-refractivity contribution in [2.75, 3.05) is 13.2 Å². The lowest BCUT2D eigenvalue weighted by Crippen LogP contribution is -2.46. The first-order valence-electron chi connectivity index (χ1n) is 6.81. The fraction of sp³-hybridized carbons (Fsp3) is 0.923. The third-order valence-corrected chi connectivity index (χ3v) is 4.05. The summed E-state index contributed by atoms with van der Waals surface area (Å²) in [5.41, 5.74) is 0. The summed E-state index contributed by atoms with van der Waals surface area (Å²) in [6.45, 7) is 7.94. The predicted octanol–water partition coefficient (Wildman–Crippen LogP) is 1.36. The number of hydrogen-bond donors (Lipinski definition) is 1. The van der Waals surface area contributed by atoms with E-state index in [4.69, 9.17) is 4.74 Å². The molecule has 4 nitrogen and oxygen atoms in total. The highest BCUT2D eigenvalue weighted by Gasteiger charge is 2.41. The van der Waals surface area contributed by atoms with E-state index >= 15 is 0 Å². The fourth-order valence-corrected chi connectivity index (χ4v) is 2.96. The minimum absolute atomic E-state index is 0.0312. The Morgan fingerprint density at radius 3 is 2.94 bits per heavy atom. The van der Waals surface area contributed by atoms with Crippen molar-refractivity contribution in [3.8, 4) is 0 Å². The Hall–Kier alpha value is -0.610. The molecule has 0 saturated carbocycles. The van der Waals surface area contributed by atoms with Crippen molar-refractivity contribution in [1.82, 2.24) is 10.2 Å². The summed E-state index contributed by atoms with van der Waals surface area (Å²) in [5, 5.41) is 3.39. The molecule has 2 heterocycles. The van der Waals surface area contributed by atoms with Gasteiger partial charge in [0, 0.05) is 18.6 Å². The largest absolute Gasteiger partial charge is 0.381 e. The molecule has 2 saturated heterocycles. The Morgan fingerprint density at radius 1 is 1.59 bits per heavy atom. The third kappa shape index (κ3) is 2.47. The van der Waals surface area contributed by atoms with Crippen LogP contribution < -0.4 is 5.32 Å². The molecule has 0 radical (unpaired) electrons. The molecule has 98 valence electrons. The van der Waals surface area contributed by atoms with E-state index in [1.54, 1.807) is 0 Å². The maximum absolute atomic E-state index is 12.2. The molecule has 2 aliphatic rings. The summed E-state index contributed by atoms with van der Waals surface area (Å²) in [5.74, 6) is 0.758. The molecular weight excluding hydrogens is 216 g/mol. The summed E-state index contributed by atoms with van der Waals surface area (Å²) in [6, 6.07) is 0.260. The first-order valence-corrected chi connectivity index (χ1v) is 6.81. The summed E-state index contributed by atoms with van der Waals surface area (Å²) >= 11 is 0. The number of hydrogen-bond acceptors (Lipinski definition) is 3. The van der Waals surface area contributed by atoms with Gasteiger partial charge in [0.2, 0.25) is 5.91 Å². The quantitative estimate of drug-likeness (QED) is 0.806. The molecule has 2 fully saturated rings. The standard InChI is InChI=1S/C13H24N2O2/c1-4-5-12-14-9(2)13(16)15(12)10(3)11-6-7-17-8-11/h9-12,14H,4-8H2,1-3H3.